The maximum absolute atomic E-state index is 13.3. The van der Waals surface area contributed by atoms with Gasteiger partial charge in [0.2, 0.25) is 0 Å². The van der Waals surface area contributed by atoms with Crippen molar-refractivity contribution in [3.63, 3.8) is 0 Å². The number of piperidine rings is 1. The molecule has 2 aromatic carbocycles. The zero-order chi connectivity index (χ0) is 24.6. The third-order valence-corrected chi connectivity index (χ3v) is 7.59. The zero-order valence-corrected chi connectivity index (χ0v) is 19.7. The minimum Gasteiger partial charge on any atom is -0.448 e. The second-order valence-corrected chi connectivity index (χ2v) is 9.66. The van der Waals surface area contributed by atoms with Gasteiger partial charge in [0.1, 0.15) is 12.7 Å². The molecule has 1 amide bonds. The maximum atomic E-state index is 13.3. The van der Waals surface area contributed by atoms with Gasteiger partial charge in [-0.2, -0.15) is 5.26 Å². The molecule has 1 aromatic heterocycles. The van der Waals surface area contributed by atoms with Gasteiger partial charge in [0.25, 0.3) is 0 Å². The molecule has 0 radical (unpaired) electrons. The highest BCUT2D eigenvalue weighted by Gasteiger charge is 2.45. The number of nitriles is 1. The number of hydrogen-bond acceptors (Lipinski definition) is 6. The molecule has 36 heavy (non-hydrogen) atoms. The van der Waals surface area contributed by atoms with E-state index < -0.39 is 0 Å². The lowest BCUT2D eigenvalue weighted by Crippen LogP contribution is -2.60. The summed E-state index contributed by atoms with van der Waals surface area (Å²) in [6.45, 7) is 1.01. The summed E-state index contributed by atoms with van der Waals surface area (Å²) in [7, 11) is 0. The van der Waals surface area contributed by atoms with E-state index in [1.54, 1.807) is 11.0 Å². The highest BCUT2D eigenvalue weighted by Crippen LogP contribution is 2.44. The van der Waals surface area contributed by atoms with Gasteiger partial charge in [-0.15, -0.1) is 0 Å². The van der Waals surface area contributed by atoms with Crippen molar-refractivity contribution in [1.29, 1.82) is 5.26 Å². The van der Waals surface area contributed by atoms with Crippen LogP contribution in [0.4, 0.5) is 4.79 Å². The number of pyridine rings is 1. The lowest BCUT2D eigenvalue weighted by molar-refractivity contribution is -0.0747. The van der Waals surface area contributed by atoms with Crippen LogP contribution in [0.25, 0.3) is 11.1 Å². The van der Waals surface area contributed by atoms with Crippen molar-refractivity contribution < 1.29 is 19.1 Å². The van der Waals surface area contributed by atoms with Crippen LogP contribution >= 0.6 is 0 Å². The Bertz CT molecular complexity index is 1320. The molecule has 3 aromatic rings. The van der Waals surface area contributed by atoms with Crippen molar-refractivity contribution in [1.82, 2.24) is 9.88 Å². The third kappa shape index (κ3) is 3.84. The summed E-state index contributed by atoms with van der Waals surface area (Å²) in [4.78, 5) is 32.3. The van der Waals surface area contributed by atoms with Crippen molar-refractivity contribution in [3.05, 3.63) is 89.2 Å². The van der Waals surface area contributed by atoms with Crippen LogP contribution < -0.4 is 0 Å². The Morgan fingerprint density at radius 2 is 1.64 bits per heavy atom. The maximum Gasteiger partial charge on any atom is 0.410 e. The molecule has 180 valence electrons. The largest absolute Gasteiger partial charge is 0.448 e. The number of rotatable bonds is 4. The Balaban J connectivity index is 1.16. The smallest absolute Gasteiger partial charge is 0.410 e. The Kier molecular flexibility index (Phi) is 5.74. The summed E-state index contributed by atoms with van der Waals surface area (Å²) in [6, 6.07) is 19.7. The van der Waals surface area contributed by atoms with E-state index in [9.17, 15) is 9.59 Å². The molecule has 7 heteroatoms. The minimum atomic E-state index is -0.353. The predicted molar refractivity (Wildman–Crippen MR) is 131 cm³/mol. The van der Waals surface area contributed by atoms with Gasteiger partial charge in [-0.1, -0.05) is 48.5 Å². The SMILES string of the molecule is N#Cc1cncc(C(=O)C2CC3COCC(C2)N3C(=O)OCC2c3ccccc3-c3ccccc32)c1. The molecule has 2 unspecified atom stereocenters. The van der Waals surface area contributed by atoms with Crippen LogP contribution in [0.3, 0.4) is 0 Å². The molecular formula is C29H25N3O4. The molecule has 3 heterocycles. The number of Topliss-reactive ketones (excluding diaryl/α,β-unsaturated/α-hetero) is 1. The van der Waals surface area contributed by atoms with Crippen LogP contribution in [0.5, 0.6) is 0 Å². The van der Waals surface area contributed by atoms with Crippen molar-refractivity contribution >= 4 is 11.9 Å². The van der Waals surface area contributed by atoms with E-state index in [2.05, 4.69) is 29.2 Å². The molecule has 0 spiro atoms. The number of amides is 1. The molecule has 2 bridgehead atoms. The number of carbonyl (C=O) groups excluding carboxylic acids is 2. The highest BCUT2D eigenvalue weighted by atomic mass is 16.6. The van der Waals surface area contributed by atoms with Gasteiger partial charge >= 0.3 is 6.09 Å². The third-order valence-electron chi connectivity index (χ3n) is 7.59. The van der Waals surface area contributed by atoms with E-state index in [-0.39, 0.29) is 42.4 Å². The molecular weight excluding hydrogens is 454 g/mol. The number of aromatic nitrogens is 1. The zero-order valence-electron chi connectivity index (χ0n) is 19.7. The number of benzene rings is 2. The molecule has 2 atom stereocenters. The standard InChI is InChI=1S/C29H25N3O4/c30-12-18-9-20(14-31-13-18)28(33)19-10-21-15-35-16-22(11-19)32(21)29(34)36-17-27-25-7-3-1-5-23(25)24-6-2-4-8-26(24)27/h1-9,13-14,19,21-22,27H,10-11,15-17H2. The van der Waals surface area contributed by atoms with Gasteiger partial charge in [-0.05, 0) is 41.2 Å². The number of carbonyl (C=O) groups is 2. The van der Waals surface area contributed by atoms with E-state index in [4.69, 9.17) is 14.7 Å². The number of nitrogens with zero attached hydrogens (tertiary/aromatic N) is 3. The van der Waals surface area contributed by atoms with Crippen LogP contribution in [0.2, 0.25) is 0 Å². The molecule has 2 saturated heterocycles. The van der Waals surface area contributed by atoms with E-state index in [1.807, 2.05) is 30.3 Å². The second kappa shape index (κ2) is 9.21. The number of fused-ring (bicyclic) bond motifs is 5. The van der Waals surface area contributed by atoms with Gasteiger partial charge in [0.05, 0.1) is 30.9 Å². The van der Waals surface area contributed by atoms with Crippen molar-refractivity contribution in [3.8, 4) is 17.2 Å². The molecule has 7 nitrogen and oxygen atoms in total. The van der Waals surface area contributed by atoms with Crippen LogP contribution in [-0.4, -0.2) is 53.7 Å². The number of ketones is 1. The molecule has 1 aliphatic carbocycles. The quantitative estimate of drug-likeness (QED) is 0.509. The van der Waals surface area contributed by atoms with Crippen LogP contribution in [0, 0.1) is 17.2 Å². The average molecular weight is 480 g/mol. The average Bonchev–Trinajstić information content (AvgIpc) is 3.24. The first-order valence-corrected chi connectivity index (χ1v) is 12.2. The fraction of sp³-hybridized carbons (Fsp3) is 0.310. The molecule has 6 rings (SSSR count). The Hall–Kier alpha value is -4.02. The van der Waals surface area contributed by atoms with Crippen molar-refractivity contribution in [2.45, 2.75) is 30.8 Å². The lowest BCUT2D eigenvalue weighted by Gasteiger charge is -2.47. The molecule has 3 aliphatic rings. The lowest BCUT2D eigenvalue weighted by atomic mass is 9.81. The van der Waals surface area contributed by atoms with Gasteiger partial charge in [-0.25, -0.2) is 4.79 Å². The summed E-state index contributed by atoms with van der Waals surface area (Å²) in [5, 5.41) is 9.14. The number of morpholine rings is 1. The number of hydrogen-bond donors (Lipinski definition) is 0. The fourth-order valence-electron chi connectivity index (χ4n) is 5.97. The fourth-order valence-corrected chi connectivity index (χ4v) is 5.97. The summed E-state index contributed by atoms with van der Waals surface area (Å²) < 4.78 is 11.7. The molecule has 0 N–H and O–H groups in total. The van der Waals surface area contributed by atoms with E-state index in [0.29, 0.717) is 37.2 Å². The predicted octanol–water partition coefficient (Wildman–Crippen LogP) is 4.56. The van der Waals surface area contributed by atoms with Crippen molar-refractivity contribution in [2.24, 2.45) is 5.92 Å². The Morgan fingerprint density at radius 3 is 2.28 bits per heavy atom. The van der Waals surface area contributed by atoms with E-state index in [0.717, 1.165) is 0 Å². The van der Waals surface area contributed by atoms with Crippen LogP contribution in [0.15, 0.2) is 67.0 Å². The molecule has 0 saturated carbocycles. The molecule has 2 aliphatic heterocycles. The first kappa shape index (κ1) is 22.4. The summed E-state index contributed by atoms with van der Waals surface area (Å²) in [6.07, 6.45) is 3.59. The highest BCUT2D eigenvalue weighted by molar-refractivity contribution is 5.98. The van der Waals surface area contributed by atoms with Gasteiger partial charge in [0.15, 0.2) is 5.78 Å². The molecule has 2 fully saturated rings. The first-order valence-electron chi connectivity index (χ1n) is 12.2. The number of ether oxygens (including phenoxy) is 2. The monoisotopic (exact) mass is 479 g/mol. The summed E-state index contributed by atoms with van der Waals surface area (Å²) in [5.41, 5.74) is 5.52. The van der Waals surface area contributed by atoms with Gasteiger partial charge in [0, 0.05) is 29.8 Å². The van der Waals surface area contributed by atoms with Gasteiger partial charge in [-0.3, -0.25) is 14.7 Å². The van der Waals surface area contributed by atoms with Gasteiger partial charge < -0.3 is 9.47 Å². The van der Waals surface area contributed by atoms with E-state index >= 15 is 0 Å². The van der Waals surface area contributed by atoms with E-state index in [1.165, 1.54) is 34.6 Å². The summed E-state index contributed by atoms with van der Waals surface area (Å²) >= 11 is 0. The minimum absolute atomic E-state index is 0.00327. The second-order valence-electron chi connectivity index (χ2n) is 9.66. The van der Waals surface area contributed by atoms with Crippen LogP contribution in [0.1, 0.15) is 45.8 Å². The normalized spacial score (nSPS) is 22.3. The Labute approximate surface area is 209 Å². The topological polar surface area (TPSA) is 92.5 Å². The van der Waals surface area contributed by atoms with Crippen LogP contribution in [-0.2, 0) is 9.47 Å². The first-order chi connectivity index (χ1) is 17.6. The summed E-state index contributed by atoms with van der Waals surface area (Å²) in [5.74, 6) is -0.294. The Morgan fingerprint density at radius 1 is 1.00 bits per heavy atom. The van der Waals surface area contributed by atoms with Crippen molar-refractivity contribution in [2.75, 3.05) is 19.8 Å².